The zero-order valence-electron chi connectivity index (χ0n) is 15.9. The number of aliphatic hydroxyl groups excluding tert-OH is 1. The van der Waals surface area contributed by atoms with Gasteiger partial charge in [0.2, 0.25) is 0 Å². The lowest BCUT2D eigenvalue weighted by molar-refractivity contribution is -0.207. The normalized spacial score (nSPS) is 25.7. The molecule has 168 valence electrons. The number of hydrogen-bond donors (Lipinski definition) is 6. The van der Waals surface area contributed by atoms with Crippen molar-refractivity contribution in [2.45, 2.75) is 43.2 Å². The number of phenols is 2. The molecule has 1 fully saturated rings. The first-order valence-electron chi connectivity index (χ1n) is 8.87. The van der Waals surface area contributed by atoms with Gasteiger partial charge in [0.15, 0.2) is 23.2 Å². The summed E-state index contributed by atoms with van der Waals surface area (Å²) in [6.45, 7) is 0. The van der Waals surface area contributed by atoms with Gasteiger partial charge in [0.1, 0.15) is 12.5 Å². The van der Waals surface area contributed by atoms with Crippen molar-refractivity contribution in [1.29, 1.82) is 0 Å². The first-order chi connectivity index (χ1) is 14.4. The number of ether oxygens (including phenoxy) is 2. The minimum atomic E-state index is -2.48. The van der Waals surface area contributed by atoms with Gasteiger partial charge in [-0.3, -0.25) is 9.59 Å². The molecule has 0 aromatic heterocycles. The van der Waals surface area contributed by atoms with Crippen molar-refractivity contribution in [1.82, 2.24) is 0 Å². The second-order valence-electron chi connectivity index (χ2n) is 6.89. The summed E-state index contributed by atoms with van der Waals surface area (Å²) in [6.07, 6.45) is -5.43. The van der Waals surface area contributed by atoms with Crippen molar-refractivity contribution >= 4 is 30.0 Å². The van der Waals surface area contributed by atoms with E-state index < -0.39 is 72.8 Å². The Labute approximate surface area is 174 Å². The van der Waals surface area contributed by atoms with Gasteiger partial charge in [-0.1, -0.05) is 6.07 Å². The molecule has 2 rings (SSSR count). The summed E-state index contributed by atoms with van der Waals surface area (Å²) in [5.74, 6) is -6.35. The van der Waals surface area contributed by atoms with Crippen molar-refractivity contribution in [2.75, 3.05) is 0 Å². The highest BCUT2D eigenvalue weighted by Crippen LogP contribution is 2.33. The Kier molecular flexibility index (Phi) is 7.20. The lowest BCUT2D eigenvalue weighted by atomic mass is 9.79. The lowest BCUT2D eigenvalue weighted by Crippen LogP contribution is -2.58. The van der Waals surface area contributed by atoms with Crippen LogP contribution in [-0.2, 0) is 28.7 Å². The largest absolute Gasteiger partial charge is 0.504 e. The molecule has 1 aliphatic carbocycles. The SMILES string of the molecule is O=C(O)CC(=O)OC1C(O)CC(O)(C(=O)O)CC1OC(=O)C=Cc1ccc(O)c(O)c1. The first kappa shape index (κ1) is 23.6. The Morgan fingerprint density at radius 2 is 1.74 bits per heavy atom. The van der Waals surface area contributed by atoms with Crippen LogP contribution in [-0.4, -0.2) is 78.4 Å². The summed E-state index contributed by atoms with van der Waals surface area (Å²) < 4.78 is 9.91. The highest BCUT2D eigenvalue weighted by molar-refractivity contribution is 5.90. The fraction of sp³-hybridized carbons (Fsp3) is 0.368. The molecule has 1 saturated carbocycles. The summed E-state index contributed by atoms with van der Waals surface area (Å²) >= 11 is 0. The van der Waals surface area contributed by atoms with E-state index in [4.69, 9.17) is 14.6 Å². The van der Waals surface area contributed by atoms with E-state index in [2.05, 4.69) is 0 Å². The lowest BCUT2D eigenvalue weighted by Gasteiger charge is -2.40. The number of aliphatic hydroxyl groups is 2. The maximum atomic E-state index is 12.2. The van der Waals surface area contributed by atoms with Crippen LogP contribution in [0.2, 0.25) is 0 Å². The predicted octanol–water partition coefficient (Wildman–Crippen LogP) is -0.620. The quantitative estimate of drug-likeness (QED) is 0.136. The average molecular weight is 440 g/mol. The maximum absolute atomic E-state index is 12.2. The van der Waals surface area contributed by atoms with Gasteiger partial charge in [-0.15, -0.1) is 0 Å². The van der Waals surface area contributed by atoms with Gasteiger partial charge in [-0.05, 0) is 23.8 Å². The molecule has 4 atom stereocenters. The van der Waals surface area contributed by atoms with Crippen LogP contribution in [0.1, 0.15) is 24.8 Å². The van der Waals surface area contributed by atoms with Crippen LogP contribution < -0.4 is 0 Å². The number of carboxylic acid groups (broad SMARTS) is 2. The number of carboxylic acids is 2. The molecule has 0 aliphatic heterocycles. The molecular weight excluding hydrogens is 420 g/mol. The summed E-state index contributed by atoms with van der Waals surface area (Å²) in [7, 11) is 0. The van der Waals surface area contributed by atoms with Gasteiger partial charge in [0.05, 0.1) is 6.10 Å². The molecule has 1 aromatic carbocycles. The van der Waals surface area contributed by atoms with Crippen molar-refractivity contribution in [2.24, 2.45) is 0 Å². The maximum Gasteiger partial charge on any atom is 0.335 e. The number of esters is 2. The summed E-state index contributed by atoms with van der Waals surface area (Å²) in [4.78, 5) is 45.8. The van der Waals surface area contributed by atoms with Crippen LogP contribution in [0.15, 0.2) is 24.3 Å². The number of aliphatic carboxylic acids is 2. The topological polar surface area (TPSA) is 208 Å². The summed E-state index contributed by atoms with van der Waals surface area (Å²) in [5.41, 5.74) is -2.19. The molecule has 1 aromatic rings. The minimum Gasteiger partial charge on any atom is -0.504 e. The van der Waals surface area contributed by atoms with Crippen LogP contribution in [0.5, 0.6) is 11.5 Å². The molecule has 0 spiro atoms. The molecule has 0 radical (unpaired) electrons. The Hall–Kier alpha value is -3.64. The van der Waals surface area contributed by atoms with E-state index in [-0.39, 0.29) is 5.75 Å². The van der Waals surface area contributed by atoms with Crippen LogP contribution >= 0.6 is 0 Å². The van der Waals surface area contributed by atoms with E-state index >= 15 is 0 Å². The van der Waals surface area contributed by atoms with Crippen LogP contribution in [0.4, 0.5) is 0 Å². The fourth-order valence-corrected chi connectivity index (χ4v) is 2.99. The van der Waals surface area contributed by atoms with Crippen LogP contribution in [0.25, 0.3) is 6.08 Å². The second-order valence-corrected chi connectivity index (χ2v) is 6.89. The van der Waals surface area contributed by atoms with Crippen molar-refractivity contribution in [3.8, 4) is 11.5 Å². The number of benzene rings is 1. The number of carbonyl (C=O) groups is 4. The molecule has 0 saturated heterocycles. The molecule has 0 bridgehead atoms. The van der Waals surface area contributed by atoms with Gasteiger partial charge >= 0.3 is 23.9 Å². The molecule has 31 heavy (non-hydrogen) atoms. The predicted molar refractivity (Wildman–Crippen MR) is 98.6 cm³/mol. The smallest absolute Gasteiger partial charge is 0.335 e. The molecule has 12 heteroatoms. The van der Waals surface area contributed by atoms with E-state index in [9.17, 15) is 44.7 Å². The number of rotatable bonds is 7. The first-order valence-corrected chi connectivity index (χ1v) is 8.87. The molecule has 12 nitrogen and oxygen atoms in total. The van der Waals surface area contributed by atoms with Gasteiger partial charge in [-0.25, -0.2) is 9.59 Å². The zero-order valence-corrected chi connectivity index (χ0v) is 15.9. The van der Waals surface area contributed by atoms with E-state index in [1.807, 2.05) is 0 Å². The Balaban J connectivity index is 2.18. The van der Waals surface area contributed by atoms with Gasteiger partial charge in [0.25, 0.3) is 0 Å². The average Bonchev–Trinajstić information content (AvgIpc) is 2.65. The number of hydrogen-bond acceptors (Lipinski definition) is 10. The van der Waals surface area contributed by atoms with Crippen molar-refractivity contribution in [3.63, 3.8) is 0 Å². The third kappa shape index (κ3) is 6.17. The van der Waals surface area contributed by atoms with Gasteiger partial charge < -0.3 is 40.1 Å². The fourth-order valence-electron chi connectivity index (χ4n) is 2.99. The summed E-state index contributed by atoms with van der Waals surface area (Å²) in [6, 6.07) is 3.68. The Bertz CT molecular complexity index is 907. The van der Waals surface area contributed by atoms with Crippen molar-refractivity contribution < 1.29 is 59.3 Å². The highest BCUT2D eigenvalue weighted by Gasteiger charge is 2.52. The standard InChI is InChI=1S/C19H20O12/c20-10-3-1-9(5-11(10)21)2-4-15(25)30-13-8-19(29,18(27)28)7-12(22)17(13)31-16(26)6-14(23)24/h1-5,12-13,17,20-22,29H,6-8H2,(H,23,24)(H,27,28). The van der Waals surface area contributed by atoms with E-state index in [0.29, 0.717) is 5.56 Å². The highest BCUT2D eigenvalue weighted by atomic mass is 16.6. The van der Waals surface area contributed by atoms with Gasteiger partial charge in [0, 0.05) is 18.9 Å². The molecular formula is C19H20O12. The number of aromatic hydroxyl groups is 2. The molecule has 0 heterocycles. The monoisotopic (exact) mass is 440 g/mol. The Morgan fingerprint density at radius 1 is 1.06 bits per heavy atom. The van der Waals surface area contributed by atoms with Gasteiger partial charge in [-0.2, -0.15) is 0 Å². The molecule has 1 aliphatic rings. The van der Waals surface area contributed by atoms with Crippen molar-refractivity contribution in [3.05, 3.63) is 29.8 Å². The third-order valence-corrected chi connectivity index (χ3v) is 4.47. The Morgan fingerprint density at radius 3 is 2.32 bits per heavy atom. The molecule has 4 unspecified atom stereocenters. The molecule has 6 N–H and O–H groups in total. The minimum absolute atomic E-state index is 0.294. The number of carbonyl (C=O) groups excluding carboxylic acids is 2. The number of phenolic OH excluding ortho intramolecular Hbond substituents is 2. The zero-order chi connectivity index (χ0) is 23.3. The second kappa shape index (κ2) is 9.45. The van der Waals surface area contributed by atoms with E-state index in [0.717, 1.165) is 12.1 Å². The van der Waals surface area contributed by atoms with Crippen LogP contribution in [0.3, 0.4) is 0 Å². The summed E-state index contributed by atoms with van der Waals surface area (Å²) in [5, 5.41) is 57.0. The third-order valence-electron chi connectivity index (χ3n) is 4.47. The van der Waals surface area contributed by atoms with E-state index in [1.165, 1.54) is 18.2 Å². The van der Waals surface area contributed by atoms with Crippen LogP contribution in [0, 0.1) is 0 Å². The molecule has 0 amide bonds. The van der Waals surface area contributed by atoms with E-state index in [1.54, 1.807) is 0 Å².